The Balaban J connectivity index is 2.00. The van der Waals surface area contributed by atoms with E-state index in [0.717, 1.165) is 28.1 Å². The second kappa shape index (κ2) is 5.38. The minimum atomic E-state index is -0.389. The summed E-state index contributed by atoms with van der Waals surface area (Å²) in [6, 6.07) is 6.38. The summed E-state index contributed by atoms with van der Waals surface area (Å²) in [7, 11) is 1.87. The molecule has 2 rings (SSSR count). The van der Waals surface area contributed by atoms with Crippen molar-refractivity contribution in [2.24, 2.45) is 5.92 Å². The molecular formula is C12H14BrN3S. The number of hydrogen-bond donors (Lipinski definition) is 1. The van der Waals surface area contributed by atoms with Crippen molar-refractivity contribution in [3.8, 4) is 6.07 Å². The molecule has 17 heavy (non-hydrogen) atoms. The topological polar surface area (TPSA) is 48.7 Å². The van der Waals surface area contributed by atoms with Gasteiger partial charge in [-0.2, -0.15) is 5.26 Å². The normalized spacial score (nSPS) is 18.4. The first-order chi connectivity index (χ1) is 8.20. The van der Waals surface area contributed by atoms with Crippen molar-refractivity contribution in [2.45, 2.75) is 23.4 Å². The molecule has 1 aliphatic rings. The molecule has 1 fully saturated rings. The molecule has 0 aromatic carbocycles. The van der Waals surface area contributed by atoms with Gasteiger partial charge in [-0.05, 0) is 53.9 Å². The minimum Gasteiger partial charge on any atom is -0.302 e. The number of hydrogen-bond acceptors (Lipinski definition) is 4. The summed E-state index contributed by atoms with van der Waals surface area (Å²) in [5.74, 6) is 1.25. The molecule has 3 nitrogen and oxygen atoms in total. The smallest absolute Gasteiger partial charge is 0.118 e. The molecule has 1 unspecified atom stereocenters. The monoisotopic (exact) mass is 311 g/mol. The van der Waals surface area contributed by atoms with E-state index in [9.17, 15) is 5.26 Å². The van der Waals surface area contributed by atoms with Gasteiger partial charge >= 0.3 is 0 Å². The highest BCUT2D eigenvalue weighted by atomic mass is 79.9. The summed E-state index contributed by atoms with van der Waals surface area (Å²) in [6.07, 6.45) is 4.10. The molecule has 0 saturated heterocycles. The molecule has 5 heteroatoms. The first kappa shape index (κ1) is 12.9. The number of halogens is 1. The maximum absolute atomic E-state index is 9.36. The Morgan fingerprint density at radius 3 is 2.88 bits per heavy atom. The van der Waals surface area contributed by atoms with Crippen LogP contribution in [0.25, 0.3) is 0 Å². The highest BCUT2D eigenvalue weighted by Crippen LogP contribution is 2.41. The highest BCUT2D eigenvalue weighted by Gasteiger charge is 2.44. The van der Waals surface area contributed by atoms with E-state index >= 15 is 0 Å². The highest BCUT2D eigenvalue weighted by molar-refractivity contribution is 9.10. The molecule has 0 amide bonds. The van der Waals surface area contributed by atoms with Crippen LogP contribution in [0.2, 0.25) is 0 Å². The van der Waals surface area contributed by atoms with Crippen molar-refractivity contribution < 1.29 is 0 Å². The van der Waals surface area contributed by atoms with Crippen LogP contribution < -0.4 is 5.32 Å². The van der Waals surface area contributed by atoms with Crippen LogP contribution in [-0.4, -0.2) is 23.3 Å². The van der Waals surface area contributed by atoms with Crippen molar-refractivity contribution in [1.29, 1.82) is 5.26 Å². The number of nitrogens with zero attached hydrogens (tertiary/aromatic N) is 2. The minimum absolute atomic E-state index is 0.389. The standard InChI is InChI=1S/C12H14BrN3S/c1-15-12(7-14,9-2-3-9)8-17-11-5-4-10(13)6-16-11/h4-6,9,15H,2-3,8H2,1H3. The Morgan fingerprint density at radius 1 is 1.65 bits per heavy atom. The molecule has 1 aliphatic carbocycles. The average molecular weight is 312 g/mol. The fourth-order valence-corrected chi connectivity index (χ4v) is 3.13. The van der Waals surface area contributed by atoms with Crippen LogP contribution in [0, 0.1) is 17.2 Å². The van der Waals surface area contributed by atoms with E-state index in [1.807, 2.05) is 19.2 Å². The zero-order valence-corrected chi connectivity index (χ0v) is 12.0. The Labute approximate surface area is 114 Å². The fourth-order valence-electron chi connectivity index (χ4n) is 1.79. The zero-order chi connectivity index (χ0) is 12.3. The number of rotatable bonds is 5. The Bertz CT molecular complexity index is 424. The lowest BCUT2D eigenvalue weighted by Gasteiger charge is -2.25. The van der Waals surface area contributed by atoms with Gasteiger partial charge in [0, 0.05) is 16.4 Å². The van der Waals surface area contributed by atoms with Crippen LogP contribution in [-0.2, 0) is 0 Å². The van der Waals surface area contributed by atoms with E-state index in [2.05, 4.69) is 32.3 Å². The molecule has 1 aromatic heterocycles. The molecule has 90 valence electrons. The number of thioether (sulfide) groups is 1. The molecular weight excluding hydrogens is 298 g/mol. The third kappa shape index (κ3) is 3.01. The number of nitriles is 1. The molecule has 1 N–H and O–H groups in total. The fraction of sp³-hybridized carbons (Fsp3) is 0.500. The van der Waals surface area contributed by atoms with Crippen molar-refractivity contribution in [2.75, 3.05) is 12.8 Å². The quantitative estimate of drug-likeness (QED) is 0.850. The van der Waals surface area contributed by atoms with Gasteiger partial charge in [-0.25, -0.2) is 4.98 Å². The Hall–Kier alpha value is -0.570. The molecule has 1 aromatic rings. The molecule has 0 bridgehead atoms. The molecule has 0 spiro atoms. The maximum atomic E-state index is 9.36. The second-order valence-electron chi connectivity index (χ2n) is 4.21. The average Bonchev–Trinajstić information content (AvgIpc) is 3.18. The number of nitrogens with one attached hydrogen (secondary N) is 1. The third-order valence-corrected chi connectivity index (χ3v) is 4.67. The van der Waals surface area contributed by atoms with Crippen molar-refractivity contribution in [3.63, 3.8) is 0 Å². The van der Waals surface area contributed by atoms with Crippen molar-refractivity contribution in [1.82, 2.24) is 10.3 Å². The number of aromatic nitrogens is 1. The van der Waals surface area contributed by atoms with Crippen LogP contribution in [0.15, 0.2) is 27.8 Å². The van der Waals surface area contributed by atoms with Crippen molar-refractivity contribution >= 4 is 27.7 Å². The van der Waals surface area contributed by atoms with Crippen LogP contribution in [0.3, 0.4) is 0 Å². The summed E-state index contributed by atoms with van der Waals surface area (Å²) >= 11 is 5.00. The van der Waals surface area contributed by atoms with E-state index in [4.69, 9.17) is 0 Å². The van der Waals surface area contributed by atoms with Crippen LogP contribution in [0.1, 0.15) is 12.8 Å². The first-order valence-electron chi connectivity index (χ1n) is 5.55. The van der Waals surface area contributed by atoms with Gasteiger partial charge in [0.05, 0.1) is 11.1 Å². The van der Waals surface area contributed by atoms with E-state index in [1.54, 1.807) is 18.0 Å². The van der Waals surface area contributed by atoms with Gasteiger partial charge in [0.2, 0.25) is 0 Å². The van der Waals surface area contributed by atoms with Crippen LogP contribution >= 0.6 is 27.7 Å². The summed E-state index contributed by atoms with van der Waals surface area (Å²) in [6.45, 7) is 0. The zero-order valence-electron chi connectivity index (χ0n) is 9.61. The number of pyridine rings is 1. The van der Waals surface area contributed by atoms with E-state index < -0.39 is 0 Å². The van der Waals surface area contributed by atoms with Gasteiger partial charge in [0.1, 0.15) is 5.54 Å². The van der Waals surface area contributed by atoms with Gasteiger partial charge in [0.15, 0.2) is 0 Å². The summed E-state index contributed by atoms with van der Waals surface area (Å²) in [5, 5.41) is 13.5. The second-order valence-corrected chi connectivity index (χ2v) is 6.12. The molecule has 0 aliphatic heterocycles. The van der Waals surface area contributed by atoms with Gasteiger partial charge in [-0.15, -0.1) is 11.8 Å². The lowest BCUT2D eigenvalue weighted by Crippen LogP contribution is -2.46. The molecule has 1 atom stereocenters. The van der Waals surface area contributed by atoms with Gasteiger partial charge in [-0.1, -0.05) is 0 Å². The van der Waals surface area contributed by atoms with E-state index in [-0.39, 0.29) is 5.54 Å². The van der Waals surface area contributed by atoms with E-state index in [1.165, 1.54) is 0 Å². The summed E-state index contributed by atoms with van der Waals surface area (Å²) in [4.78, 5) is 4.31. The lowest BCUT2D eigenvalue weighted by atomic mass is 9.98. The Kier molecular flexibility index (Phi) is 4.08. The summed E-state index contributed by atoms with van der Waals surface area (Å²) in [5.41, 5.74) is -0.389. The van der Waals surface area contributed by atoms with Gasteiger partial charge in [-0.3, -0.25) is 0 Å². The Morgan fingerprint density at radius 2 is 2.41 bits per heavy atom. The third-order valence-electron chi connectivity index (χ3n) is 3.07. The van der Waals surface area contributed by atoms with Crippen molar-refractivity contribution in [3.05, 3.63) is 22.8 Å². The largest absolute Gasteiger partial charge is 0.302 e. The predicted molar refractivity (Wildman–Crippen MR) is 72.8 cm³/mol. The van der Waals surface area contributed by atoms with Gasteiger partial charge < -0.3 is 5.32 Å². The first-order valence-corrected chi connectivity index (χ1v) is 7.32. The van der Waals surface area contributed by atoms with E-state index in [0.29, 0.717) is 5.92 Å². The van der Waals surface area contributed by atoms with Crippen LogP contribution in [0.5, 0.6) is 0 Å². The van der Waals surface area contributed by atoms with Gasteiger partial charge in [0.25, 0.3) is 0 Å². The predicted octanol–water partition coefficient (Wildman–Crippen LogP) is 2.83. The molecule has 1 saturated carbocycles. The maximum Gasteiger partial charge on any atom is 0.118 e. The molecule has 0 radical (unpaired) electrons. The van der Waals surface area contributed by atoms with Crippen LogP contribution in [0.4, 0.5) is 0 Å². The molecule has 1 heterocycles. The SMILES string of the molecule is CNC(C#N)(CSc1ccc(Br)cn1)C1CC1. The summed E-state index contributed by atoms with van der Waals surface area (Å²) < 4.78 is 0.976. The lowest BCUT2D eigenvalue weighted by molar-refractivity contribution is 0.441.